The van der Waals surface area contributed by atoms with Crippen molar-refractivity contribution in [3.63, 3.8) is 0 Å². The predicted molar refractivity (Wildman–Crippen MR) is 89.8 cm³/mol. The fraction of sp³-hybridized carbons (Fsp3) is 0.462. The van der Waals surface area contributed by atoms with Gasteiger partial charge in [0.1, 0.15) is 12.2 Å². The number of fused-ring (bicyclic) bond motifs is 2. The molecule has 0 aliphatic carbocycles. The minimum atomic E-state index is -1.24. The largest absolute Gasteiger partial charge is 0.489 e. The summed E-state index contributed by atoms with van der Waals surface area (Å²) < 4.78 is 33.7. The van der Waals surface area contributed by atoms with E-state index in [0.717, 1.165) is 0 Å². The van der Waals surface area contributed by atoms with Crippen LogP contribution in [0.1, 0.15) is 10.4 Å². The molecule has 2 aliphatic rings. The Kier molecular flexibility index (Phi) is 4.74. The molecule has 10 heteroatoms. The van der Waals surface area contributed by atoms with Crippen LogP contribution in [0.25, 0.3) is 0 Å². The summed E-state index contributed by atoms with van der Waals surface area (Å²) in [5.74, 6) is -3.13. The summed E-state index contributed by atoms with van der Waals surface area (Å²) in [4.78, 5) is 15.9. The van der Waals surface area contributed by atoms with Gasteiger partial charge in [0.2, 0.25) is 0 Å². The number of carbonyl (C=O) groups is 1. The zero-order valence-electron chi connectivity index (χ0n) is 12.2. The summed E-state index contributed by atoms with van der Waals surface area (Å²) in [5, 5.41) is 9.59. The monoisotopic (exact) mass is 456 g/mol. The van der Waals surface area contributed by atoms with Crippen LogP contribution in [0.2, 0.25) is 11.8 Å². The molecule has 2 aliphatic heterocycles. The van der Waals surface area contributed by atoms with Crippen molar-refractivity contribution >= 4 is 47.1 Å². The fourth-order valence-corrected chi connectivity index (χ4v) is 3.60. The van der Waals surface area contributed by atoms with Crippen LogP contribution in [-0.4, -0.2) is 60.0 Å². The van der Waals surface area contributed by atoms with Gasteiger partial charge in [-0.3, -0.25) is 4.79 Å². The first-order valence-corrected chi connectivity index (χ1v) is 8.50. The highest BCUT2D eigenvalue weighted by Gasteiger charge is 2.40. The van der Waals surface area contributed by atoms with Crippen molar-refractivity contribution in [2.75, 3.05) is 26.2 Å². The maximum absolute atomic E-state index is 14.3. The number of halogens is 4. The third-order valence-electron chi connectivity index (χ3n) is 4.16. The Balaban J connectivity index is 2.03. The highest BCUT2D eigenvalue weighted by atomic mass is 127. The number of rotatable bonds is 1. The molecule has 1 aromatic carbocycles. The van der Waals surface area contributed by atoms with Gasteiger partial charge in [-0.05, 0) is 29.4 Å². The molecule has 1 amide bonds. The molecule has 0 saturated carbocycles. The van der Waals surface area contributed by atoms with E-state index in [1.807, 2.05) is 0 Å². The molecule has 1 N–H and O–H groups in total. The van der Waals surface area contributed by atoms with Crippen LogP contribution in [0, 0.1) is 15.2 Å². The first-order valence-electron chi connectivity index (χ1n) is 7.04. The van der Waals surface area contributed by atoms with E-state index in [4.69, 9.17) is 16.3 Å². The molecule has 5 nitrogen and oxygen atoms in total. The van der Waals surface area contributed by atoms with Gasteiger partial charge in [-0.25, -0.2) is 8.78 Å². The second-order valence-corrected chi connectivity index (χ2v) is 7.01. The zero-order valence-corrected chi connectivity index (χ0v) is 15.1. The Morgan fingerprint density at radius 2 is 2.09 bits per heavy atom. The van der Waals surface area contributed by atoms with Crippen LogP contribution in [0.15, 0.2) is 0 Å². The number of nitrogens with zero attached hydrogens (tertiary/aromatic N) is 2. The number of piperazine rings is 1. The highest BCUT2D eigenvalue weighted by molar-refractivity contribution is 14.1. The molecule has 1 fully saturated rings. The van der Waals surface area contributed by atoms with Crippen LogP contribution in [0.5, 0.6) is 5.75 Å². The molecule has 1 atom stereocenters. The van der Waals surface area contributed by atoms with Crippen LogP contribution in [0.3, 0.4) is 0 Å². The lowest BCUT2D eigenvalue weighted by molar-refractivity contribution is 0.0494. The molecule has 2 heterocycles. The Morgan fingerprint density at radius 3 is 2.74 bits per heavy atom. The highest BCUT2D eigenvalue weighted by Crippen LogP contribution is 2.40. The number of amides is 1. The lowest BCUT2D eigenvalue weighted by atomic mass is 9.83. The van der Waals surface area contributed by atoms with Crippen molar-refractivity contribution in [2.45, 2.75) is 12.9 Å². The van der Waals surface area contributed by atoms with Crippen LogP contribution in [-0.2, 0) is 0 Å². The van der Waals surface area contributed by atoms with Gasteiger partial charge in [-0.2, -0.15) is 0 Å². The molecule has 0 radical (unpaired) electrons. The van der Waals surface area contributed by atoms with Crippen molar-refractivity contribution in [1.82, 2.24) is 9.71 Å². The number of benzene rings is 1. The zero-order chi connectivity index (χ0) is 16.9. The molecular formula is C13H13BClF2IN2O3. The van der Waals surface area contributed by atoms with E-state index in [1.54, 1.807) is 34.2 Å². The van der Waals surface area contributed by atoms with Gasteiger partial charge in [0.05, 0.1) is 14.6 Å². The molecule has 3 rings (SSSR count). The van der Waals surface area contributed by atoms with Gasteiger partial charge < -0.3 is 19.5 Å². The minimum absolute atomic E-state index is 0.0971. The average molecular weight is 456 g/mol. The standard InChI is InChI=1S/C13H13BClF2IN2O3/c1-14(22)19-2-3-20-6(4-19)5-23-12-7(13(20)21)9(16)10(17)11(18)8(12)15/h6,22H,2-5H2,1H3/t6-/m1/s1. The topological polar surface area (TPSA) is 53.0 Å². The van der Waals surface area contributed by atoms with Crippen LogP contribution < -0.4 is 4.74 Å². The van der Waals surface area contributed by atoms with Gasteiger partial charge in [0, 0.05) is 19.6 Å². The van der Waals surface area contributed by atoms with E-state index < -0.39 is 30.2 Å². The van der Waals surface area contributed by atoms with Gasteiger partial charge in [-0.15, -0.1) is 0 Å². The van der Waals surface area contributed by atoms with Gasteiger partial charge >= 0.3 is 7.05 Å². The molecule has 0 aromatic heterocycles. The third kappa shape index (κ3) is 2.81. The SMILES string of the molecule is CB(O)N1CCN2C(=O)c3c(F)c(F)c(I)c(Cl)c3OC[C@H]2C1. The van der Waals surface area contributed by atoms with E-state index in [9.17, 15) is 18.6 Å². The van der Waals surface area contributed by atoms with Crippen LogP contribution >= 0.6 is 34.2 Å². The summed E-state index contributed by atoms with van der Waals surface area (Å²) in [6.07, 6.45) is 0. The minimum Gasteiger partial charge on any atom is -0.489 e. The van der Waals surface area contributed by atoms with Gasteiger partial charge in [-0.1, -0.05) is 11.6 Å². The Labute approximate surface area is 150 Å². The normalized spacial score (nSPS) is 21.4. The van der Waals surface area contributed by atoms with Crippen molar-refractivity contribution in [3.8, 4) is 5.75 Å². The van der Waals surface area contributed by atoms with Crippen molar-refractivity contribution in [1.29, 1.82) is 0 Å². The summed E-state index contributed by atoms with van der Waals surface area (Å²) in [5.41, 5.74) is -0.457. The molecule has 1 saturated heterocycles. The van der Waals surface area contributed by atoms with Crippen molar-refractivity contribution in [3.05, 3.63) is 25.8 Å². The molecule has 1 aromatic rings. The summed E-state index contributed by atoms with van der Waals surface area (Å²) in [6, 6.07) is -0.366. The van der Waals surface area contributed by atoms with Crippen LogP contribution in [0.4, 0.5) is 8.78 Å². The lowest BCUT2D eigenvalue weighted by Gasteiger charge is -2.40. The smallest absolute Gasteiger partial charge is 0.376 e. The van der Waals surface area contributed by atoms with Crippen molar-refractivity contribution < 1.29 is 23.3 Å². The second-order valence-electron chi connectivity index (χ2n) is 5.55. The second kappa shape index (κ2) is 6.34. The van der Waals surface area contributed by atoms with E-state index in [-0.39, 0.29) is 27.0 Å². The van der Waals surface area contributed by atoms with Gasteiger partial charge in [0.25, 0.3) is 5.91 Å². The van der Waals surface area contributed by atoms with E-state index in [1.165, 1.54) is 4.90 Å². The Morgan fingerprint density at radius 1 is 1.39 bits per heavy atom. The quantitative estimate of drug-likeness (QED) is 0.304. The first-order chi connectivity index (χ1) is 10.8. The summed E-state index contributed by atoms with van der Waals surface area (Å²) in [6.45, 7) is 2.86. The molecule has 124 valence electrons. The number of carbonyl (C=O) groups excluding carboxylic acids is 1. The fourth-order valence-electron chi connectivity index (χ4n) is 2.89. The number of ether oxygens (including phenoxy) is 1. The average Bonchev–Trinajstić information content (AvgIpc) is 2.67. The third-order valence-corrected chi connectivity index (χ3v) is 5.85. The Hall–Kier alpha value is -0.645. The summed E-state index contributed by atoms with van der Waals surface area (Å²) in [7, 11) is -0.656. The van der Waals surface area contributed by atoms with Crippen molar-refractivity contribution in [2.24, 2.45) is 0 Å². The molecule has 0 bridgehead atoms. The van der Waals surface area contributed by atoms with Gasteiger partial charge in [0.15, 0.2) is 17.4 Å². The van der Waals surface area contributed by atoms with E-state index >= 15 is 0 Å². The van der Waals surface area contributed by atoms with E-state index in [0.29, 0.717) is 19.6 Å². The molecule has 0 unspecified atom stereocenters. The first kappa shape index (κ1) is 17.2. The molecule has 0 spiro atoms. The maximum Gasteiger partial charge on any atom is 0.376 e. The van der Waals surface area contributed by atoms with E-state index in [2.05, 4.69) is 0 Å². The summed E-state index contributed by atoms with van der Waals surface area (Å²) >= 11 is 7.62. The number of hydrogen-bond acceptors (Lipinski definition) is 4. The Bertz CT molecular complexity index is 679. The lowest BCUT2D eigenvalue weighted by Crippen LogP contribution is -2.59. The predicted octanol–water partition coefficient (Wildman–Crippen LogP) is 1.85. The maximum atomic E-state index is 14.3. The molecule has 23 heavy (non-hydrogen) atoms. The number of hydrogen-bond donors (Lipinski definition) is 1. The molecular weight excluding hydrogens is 443 g/mol.